The van der Waals surface area contributed by atoms with E-state index < -0.39 is 9.84 Å². The molecular formula is C29H26N2O4S. The lowest BCUT2D eigenvalue weighted by atomic mass is 10.0. The minimum absolute atomic E-state index is 0.119. The van der Waals surface area contributed by atoms with Crippen LogP contribution in [0.3, 0.4) is 0 Å². The summed E-state index contributed by atoms with van der Waals surface area (Å²) in [5, 5.41) is 3.94. The highest BCUT2D eigenvalue weighted by molar-refractivity contribution is 7.90. The Balaban J connectivity index is 1.19. The molecule has 4 aromatic rings. The van der Waals surface area contributed by atoms with Crippen LogP contribution >= 0.6 is 0 Å². The van der Waals surface area contributed by atoms with Crippen LogP contribution in [0.1, 0.15) is 40.4 Å². The average molecular weight is 499 g/mol. The number of aromatic nitrogens is 1. The van der Waals surface area contributed by atoms with Crippen molar-refractivity contribution in [3.8, 4) is 16.9 Å². The fraction of sp³-hybridized carbons (Fsp3) is 0.241. The molecule has 7 heteroatoms. The largest absolute Gasteiger partial charge is 0.487 e. The lowest BCUT2D eigenvalue weighted by Gasteiger charge is -2.15. The zero-order chi connectivity index (χ0) is 24.9. The summed E-state index contributed by atoms with van der Waals surface area (Å²) in [7, 11) is -3.25. The molecule has 1 N–H and O–H groups in total. The van der Waals surface area contributed by atoms with Crippen LogP contribution < -0.4 is 10.1 Å². The van der Waals surface area contributed by atoms with Gasteiger partial charge in [-0.05, 0) is 48.2 Å². The number of para-hydroxylation sites is 2. The highest BCUT2D eigenvalue weighted by atomic mass is 32.2. The number of hydrogen-bond donors (Lipinski definition) is 1. The van der Waals surface area contributed by atoms with E-state index in [0.717, 1.165) is 51.9 Å². The van der Waals surface area contributed by atoms with Gasteiger partial charge in [-0.25, -0.2) is 8.42 Å². The molecule has 1 atom stereocenters. The van der Waals surface area contributed by atoms with Gasteiger partial charge in [-0.2, -0.15) is 0 Å². The first-order chi connectivity index (χ1) is 17.4. The van der Waals surface area contributed by atoms with E-state index in [2.05, 4.69) is 5.32 Å². The molecule has 1 saturated carbocycles. The number of pyridine rings is 1. The third-order valence-electron chi connectivity index (χ3n) is 6.89. The van der Waals surface area contributed by atoms with Gasteiger partial charge < -0.3 is 10.1 Å². The van der Waals surface area contributed by atoms with Crippen LogP contribution in [-0.4, -0.2) is 38.2 Å². The molecule has 1 unspecified atom stereocenters. The van der Waals surface area contributed by atoms with Crippen LogP contribution in [0.25, 0.3) is 22.0 Å². The van der Waals surface area contributed by atoms with Crippen molar-refractivity contribution < 1.29 is 17.9 Å². The molecule has 0 bridgehead atoms. The van der Waals surface area contributed by atoms with Gasteiger partial charge in [0.25, 0.3) is 5.91 Å². The molecule has 0 spiro atoms. The summed E-state index contributed by atoms with van der Waals surface area (Å²) in [4.78, 5) is 18.3. The molecule has 1 aliphatic carbocycles. The Labute approximate surface area is 210 Å². The molecular weight excluding hydrogens is 472 g/mol. The molecule has 1 fully saturated rings. The monoisotopic (exact) mass is 498 g/mol. The summed E-state index contributed by atoms with van der Waals surface area (Å²) in [5.74, 6) is 1.12. The first kappa shape index (κ1) is 22.7. The summed E-state index contributed by atoms with van der Waals surface area (Å²) in [6.45, 7) is 0.384. The number of fused-ring (bicyclic) bond motifs is 2. The van der Waals surface area contributed by atoms with Crippen molar-refractivity contribution in [1.82, 2.24) is 10.3 Å². The number of nitrogens with one attached hydrogen (secondary N) is 1. The van der Waals surface area contributed by atoms with E-state index >= 15 is 0 Å². The second-order valence-electron chi connectivity index (χ2n) is 9.63. The Morgan fingerprint density at radius 2 is 1.81 bits per heavy atom. The number of benzene rings is 3. The van der Waals surface area contributed by atoms with E-state index in [0.29, 0.717) is 24.4 Å². The van der Waals surface area contributed by atoms with Gasteiger partial charge in [0.05, 0.1) is 22.5 Å². The van der Waals surface area contributed by atoms with Crippen LogP contribution in [0, 0.1) is 0 Å². The Morgan fingerprint density at radius 1 is 1.03 bits per heavy atom. The molecule has 0 saturated heterocycles. The standard InChI is InChI=1S/C29H26N2O4S/c1-36(33,34)22-13-11-18(12-14-22)23-7-4-5-20-15-21(35-28(20)23)17-30-29(32)25-16-27(19-9-10-19)31-26-8-3-2-6-24(25)26/h2-8,11-14,16,19,21H,9-10,15,17H2,1H3,(H,30,32). The maximum atomic E-state index is 13.2. The molecule has 1 aromatic heterocycles. The molecule has 6 nitrogen and oxygen atoms in total. The van der Waals surface area contributed by atoms with E-state index in [1.807, 2.05) is 48.5 Å². The van der Waals surface area contributed by atoms with Crippen LogP contribution in [0.2, 0.25) is 0 Å². The van der Waals surface area contributed by atoms with Crippen molar-refractivity contribution in [2.24, 2.45) is 0 Å². The van der Waals surface area contributed by atoms with Crippen molar-refractivity contribution in [2.75, 3.05) is 12.8 Å². The summed E-state index contributed by atoms with van der Waals surface area (Å²) in [6, 6.07) is 22.5. The quantitative estimate of drug-likeness (QED) is 0.408. The SMILES string of the molecule is CS(=O)(=O)c1ccc(-c2cccc3c2OC(CNC(=O)c2cc(C4CC4)nc4ccccc24)C3)cc1. The molecule has 6 rings (SSSR count). The van der Waals surface area contributed by atoms with Crippen molar-refractivity contribution in [1.29, 1.82) is 0 Å². The Bertz CT molecular complexity index is 1590. The maximum Gasteiger partial charge on any atom is 0.252 e. The first-order valence-corrected chi connectivity index (χ1v) is 14.0. The Hall–Kier alpha value is -3.71. The number of carbonyl (C=O) groups is 1. The van der Waals surface area contributed by atoms with Gasteiger partial charge in [-0.15, -0.1) is 0 Å². The molecule has 0 radical (unpaired) electrons. The van der Waals surface area contributed by atoms with Gasteiger partial charge in [0.15, 0.2) is 9.84 Å². The number of hydrogen-bond acceptors (Lipinski definition) is 5. The van der Waals surface area contributed by atoms with E-state index in [-0.39, 0.29) is 16.9 Å². The Kier molecular flexibility index (Phi) is 5.52. The Morgan fingerprint density at radius 3 is 2.56 bits per heavy atom. The van der Waals surface area contributed by atoms with Crippen molar-refractivity contribution in [2.45, 2.75) is 36.2 Å². The molecule has 2 aliphatic rings. The summed E-state index contributed by atoms with van der Waals surface area (Å²) >= 11 is 0. The van der Waals surface area contributed by atoms with Gasteiger partial charge in [0, 0.05) is 35.2 Å². The van der Waals surface area contributed by atoms with Crippen LogP contribution in [-0.2, 0) is 16.3 Å². The van der Waals surface area contributed by atoms with E-state index in [4.69, 9.17) is 9.72 Å². The molecule has 1 aliphatic heterocycles. The number of amides is 1. The lowest BCUT2D eigenvalue weighted by molar-refractivity contribution is 0.0935. The van der Waals surface area contributed by atoms with Gasteiger partial charge in [-0.1, -0.05) is 48.5 Å². The third-order valence-corrected chi connectivity index (χ3v) is 8.02. The summed E-state index contributed by atoms with van der Waals surface area (Å²) in [6.07, 6.45) is 3.96. The maximum absolute atomic E-state index is 13.2. The second kappa shape index (κ2) is 8.75. The smallest absolute Gasteiger partial charge is 0.252 e. The number of rotatable bonds is 6. The van der Waals surface area contributed by atoms with Gasteiger partial charge in [-0.3, -0.25) is 9.78 Å². The molecule has 36 heavy (non-hydrogen) atoms. The lowest BCUT2D eigenvalue weighted by Crippen LogP contribution is -2.34. The average Bonchev–Trinajstić information content (AvgIpc) is 3.65. The number of sulfone groups is 1. The van der Waals surface area contributed by atoms with E-state index in [9.17, 15) is 13.2 Å². The number of ether oxygens (including phenoxy) is 1. The van der Waals surface area contributed by atoms with Gasteiger partial charge in [0.2, 0.25) is 0 Å². The van der Waals surface area contributed by atoms with Crippen LogP contribution in [0.5, 0.6) is 5.75 Å². The van der Waals surface area contributed by atoms with E-state index in [1.54, 1.807) is 24.3 Å². The van der Waals surface area contributed by atoms with Crippen LogP contribution in [0.4, 0.5) is 0 Å². The summed E-state index contributed by atoms with van der Waals surface area (Å²) < 4.78 is 29.9. The number of carbonyl (C=O) groups excluding carboxylic acids is 1. The zero-order valence-electron chi connectivity index (χ0n) is 19.9. The highest BCUT2D eigenvalue weighted by Gasteiger charge is 2.29. The van der Waals surface area contributed by atoms with Crippen molar-refractivity contribution in [3.05, 3.63) is 89.6 Å². The minimum Gasteiger partial charge on any atom is -0.487 e. The predicted molar refractivity (Wildman–Crippen MR) is 139 cm³/mol. The van der Waals surface area contributed by atoms with E-state index in [1.165, 1.54) is 6.26 Å². The molecule has 182 valence electrons. The topological polar surface area (TPSA) is 85.4 Å². The molecule has 2 heterocycles. The van der Waals surface area contributed by atoms with Crippen molar-refractivity contribution in [3.63, 3.8) is 0 Å². The minimum atomic E-state index is -3.25. The fourth-order valence-electron chi connectivity index (χ4n) is 4.83. The molecule has 1 amide bonds. The predicted octanol–water partition coefficient (Wildman–Crippen LogP) is 4.92. The third kappa shape index (κ3) is 4.35. The second-order valence-corrected chi connectivity index (χ2v) is 11.6. The highest BCUT2D eigenvalue weighted by Crippen LogP contribution is 2.41. The first-order valence-electron chi connectivity index (χ1n) is 12.1. The fourth-order valence-corrected chi connectivity index (χ4v) is 5.47. The molecule has 3 aromatic carbocycles. The number of nitrogens with zero attached hydrogens (tertiary/aromatic N) is 1. The van der Waals surface area contributed by atoms with Crippen molar-refractivity contribution >= 4 is 26.6 Å². The normalized spacial score (nSPS) is 17.0. The van der Waals surface area contributed by atoms with Gasteiger partial charge in [0.1, 0.15) is 11.9 Å². The summed E-state index contributed by atoms with van der Waals surface area (Å²) in [5.41, 5.74) is 5.38. The van der Waals surface area contributed by atoms with Gasteiger partial charge >= 0.3 is 0 Å². The zero-order valence-corrected chi connectivity index (χ0v) is 20.7. The van der Waals surface area contributed by atoms with Crippen LogP contribution in [0.15, 0.2) is 77.7 Å².